The molecule has 0 saturated heterocycles. The molecular formula is C18H17N5O4S. The van der Waals surface area contributed by atoms with Crippen LogP contribution in [0.25, 0.3) is 11.8 Å². The molecule has 0 fully saturated rings. The predicted octanol–water partition coefficient (Wildman–Crippen LogP) is 1.58. The first kappa shape index (κ1) is 19.2. The molecule has 9 nitrogen and oxygen atoms in total. The normalized spacial score (nSPS) is 11.5. The highest BCUT2D eigenvalue weighted by Gasteiger charge is 2.17. The van der Waals surface area contributed by atoms with Crippen LogP contribution in [0.15, 0.2) is 65.8 Å². The third-order valence-corrected chi connectivity index (χ3v) is 4.94. The summed E-state index contributed by atoms with van der Waals surface area (Å²) in [6.45, 7) is 2.45. The first-order valence-electron chi connectivity index (χ1n) is 8.29. The molecule has 0 radical (unpaired) electrons. The maximum atomic E-state index is 12.4. The summed E-state index contributed by atoms with van der Waals surface area (Å²) in [5.74, 6) is -0.0455. The molecule has 28 heavy (non-hydrogen) atoms. The largest absolute Gasteiger partial charge is 0.494 e. The highest BCUT2D eigenvalue weighted by atomic mass is 32.2. The number of nitrogens with one attached hydrogen (secondary N) is 1. The van der Waals surface area contributed by atoms with Crippen LogP contribution in [0.4, 0.5) is 0 Å². The number of carbonyl (C=O) groups is 1. The minimum atomic E-state index is -4.04. The molecule has 1 aromatic heterocycles. The Hall–Kier alpha value is -3.53. The summed E-state index contributed by atoms with van der Waals surface area (Å²) in [5.41, 5.74) is 1.18. The zero-order valence-corrected chi connectivity index (χ0v) is 15.7. The number of tetrazole rings is 1. The molecule has 3 rings (SSSR count). The fraction of sp³-hybridized carbons (Fsp3) is 0.111. The van der Waals surface area contributed by atoms with Gasteiger partial charge in [0, 0.05) is 6.08 Å². The molecule has 3 aromatic rings. The molecule has 0 unspecified atom stereocenters. The summed E-state index contributed by atoms with van der Waals surface area (Å²) in [4.78, 5) is 12.0. The van der Waals surface area contributed by atoms with Gasteiger partial charge in [-0.05, 0) is 59.3 Å². The molecule has 0 aliphatic rings. The van der Waals surface area contributed by atoms with Crippen LogP contribution >= 0.6 is 0 Å². The van der Waals surface area contributed by atoms with Crippen molar-refractivity contribution in [1.82, 2.24) is 24.9 Å². The lowest BCUT2D eigenvalue weighted by atomic mass is 10.2. The molecule has 10 heteroatoms. The first-order chi connectivity index (χ1) is 13.5. The van der Waals surface area contributed by atoms with E-state index in [9.17, 15) is 13.2 Å². The number of carbonyl (C=O) groups excluding carboxylic acids is 1. The van der Waals surface area contributed by atoms with E-state index in [1.165, 1.54) is 35.3 Å². The molecule has 0 bridgehead atoms. The van der Waals surface area contributed by atoms with E-state index in [-0.39, 0.29) is 4.90 Å². The molecule has 144 valence electrons. The smallest absolute Gasteiger partial charge is 0.264 e. The second-order valence-corrected chi connectivity index (χ2v) is 7.24. The monoisotopic (exact) mass is 399 g/mol. The Morgan fingerprint density at radius 2 is 2.00 bits per heavy atom. The van der Waals surface area contributed by atoms with Gasteiger partial charge < -0.3 is 4.74 Å². The molecule has 0 saturated carbocycles. The van der Waals surface area contributed by atoms with Crippen molar-refractivity contribution in [2.24, 2.45) is 0 Å². The second-order valence-electron chi connectivity index (χ2n) is 5.56. The molecule has 2 aromatic carbocycles. The second kappa shape index (κ2) is 8.44. The lowest BCUT2D eigenvalue weighted by molar-refractivity contribution is -0.114. The standard InChI is InChI=1S/C18H17N5O4S/c1-2-27-16-9-6-14(7-10-16)8-11-18(24)20-28(25,26)17-5-3-4-15(12-17)23-13-19-21-22-23/h3-13H,2H2,1H3,(H,20,24). The van der Waals surface area contributed by atoms with Crippen molar-refractivity contribution < 1.29 is 17.9 Å². The number of aromatic nitrogens is 4. The average Bonchev–Trinajstić information content (AvgIpc) is 3.22. The number of hydrogen-bond donors (Lipinski definition) is 1. The number of hydrogen-bond acceptors (Lipinski definition) is 7. The zero-order valence-electron chi connectivity index (χ0n) is 14.9. The van der Waals surface area contributed by atoms with E-state index < -0.39 is 15.9 Å². The third kappa shape index (κ3) is 4.80. The van der Waals surface area contributed by atoms with Crippen LogP contribution in [0.5, 0.6) is 5.75 Å². The quantitative estimate of drug-likeness (QED) is 0.600. The molecule has 0 atom stereocenters. The van der Waals surface area contributed by atoms with Gasteiger partial charge in [-0.15, -0.1) is 5.10 Å². The number of nitrogens with zero attached hydrogens (tertiary/aromatic N) is 4. The van der Waals surface area contributed by atoms with Crippen LogP contribution in [0.2, 0.25) is 0 Å². The lowest BCUT2D eigenvalue weighted by Crippen LogP contribution is -2.29. The summed E-state index contributed by atoms with van der Waals surface area (Å²) in [6.07, 6.45) is 4.00. The van der Waals surface area contributed by atoms with E-state index in [0.29, 0.717) is 18.0 Å². The topological polar surface area (TPSA) is 116 Å². The van der Waals surface area contributed by atoms with Crippen molar-refractivity contribution in [2.45, 2.75) is 11.8 Å². The zero-order chi connectivity index (χ0) is 20.0. The van der Waals surface area contributed by atoms with Crippen molar-refractivity contribution in [3.63, 3.8) is 0 Å². The van der Waals surface area contributed by atoms with Gasteiger partial charge in [0.25, 0.3) is 15.9 Å². The summed E-state index contributed by atoms with van der Waals surface area (Å²) < 4.78 is 33.6. The summed E-state index contributed by atoms with van der Waals surface area (Å²) in [7, 11) is -4.04. The molecule has 1 heterocycles. The SMILES string of the molecule is CCOc1ccc(C=CC(=O)NS(=O)(=O)c2cccc(-n3cnnn3)c2)cc1. The summed E-state index contributed by atoms with van der Waals surface area (Å²) >= 11 is 0. The van der Waals surface area contributed by atoms with Gasteiger partial charge in [0.05, 0.1) is 17.2 Å². The van der Waals surface area contributed by atoms with Gasteiger partial charge in [0.1, 0.15) is 12.1 Å². The van der Waals surface area contributed by atoms with Gasteiger partial charge in [0.15, 0.2) is 0 Å². The van der Waals surface area contributed by atoms with Crippen LogP contribution in [-0.4, -0.2) is 41.1 Å². The number of amides is 1. The maximum Gasteiger partial charge on any atom is 0.264 e. The van der Waals surface area contributed by atoms with E-state index in [4.69, 9.17) is 4.74 Å². The van der Waals surface area contributed by atoms with Crippen LogP contribution in [0.1, 0.15) is 12.5 Å². The minimum Gasteiger partial charge on any atom is -0.494 e. The highest BCUT2D eigenvalue weighted by molar-refractivity contribution is 7.90. The third-order valence-electron chi connectivity index (χ3n) is 3.59. The number of rotatable bonds is 7. The number of ether oxygens (including phenoxy) is 1. The molecule has 0 spiro atoms. The van der Waals surface area contributed by atoms with Crippen molar-refractivity contribution in [3.8, 4) is 11.4 Å². The fourth-order valence-corrected chi connectivity index (χ4v) is 3.30. The van der Waals surface area contributed by atoms with E-state index in [0.717, 1.165) is 11.6 Å². The Labute approximate surface area is 161 Å². The lowest BCUT2D eigenvalue weighted by Gasteiger charge is -2.07. The van der Waals surface area contributed by atoms with Crippen molar-refractivity contribution in [3.05, 3.63) is 66.5 Å². The first-order valence-corrected chi connectivity index (χ1v) is 9.77. The Kier molecular flexibility index (Phi) is 5.80. The van der Waals surface area contributed by atoms with Crippen LogP contribution < -0.4 is 9.46 Å². The molecule has 1 N–H and O–H groups in total. The van der Waals surface area contributed by atoms with E-state index in [1.807, 2.05) is 11.6 Å². The van der Waals surface area contributed by atoms with Crippen molar-refractivity contribution >= 4 is 22.0 Å². The fourth-order valence-electron chi connectivity index (χ4n) is 2.31. The van der Waals surface area contributed by atoms with Gasteiger partial charge in [-0.3, -0.25) is 4.79 Å². The number of sulfonamides is 1. The molecule has 1 amide bonds. The maximum absolute atomic E-state index is 12.4. The summed E-state index contributed by atoms with van der Waals surface area (Å²) in [5, 5.41) is 10.7. The molecule has 0 aliphatic carbocycles. The number of benzene rings is 2. The highest BCUT2D eigenvalue weighted by Crippen LogP contribution is 2.15. The Bertz CT molecular complexity index is 1080. The summed E-state index contributed by atoms with van der Waals surface area (Å²) in [6, 6.07) is 13.0. The van der Waals surface area contributed by atoms with Gasteiger partial charge in [-0.1, -0.05) is 18.2 Å². The molecular weight excluding hydrogens is 382 g/mol. The van der Waals surface area contributed by atoms with Gasteiger partial charge in [-0.2, -0.15) is 0 Å². The van der Waals surface area contributed by atoms with E-state index >= 15 is 0 Å². The van der Waals surface area contributed by atoms with Gasteiger partial charge in [-0.25, -0.2) is 17.8 Å². The van der Waals surface area contributed by atoms with Crippen LogP contribution in [0, 0.1) is 0 Å². The predicted molar refractivity (Wildman–Crippen MR) is 101 cm³/mol. The van der Waals surface area contributed by atoms with E-state index in [2.05, 4.69) is 15.5 Å². The minimum absolute atomic E-state index is 0.0803. The Balaban J connectivity index is 1.70. The average molecular weight is 399 g/mol. The van der Waals surface area contributed by atoms with E-state index in [1.54, 1.807) is 30.3 Å². The van der Waals surface area contributed by atoms with Crippen molar-refractivity contribution in [2.75, 3.05) is 6.61 Å². The van der Waals surface area contributed by atoms with Crippen molar-refractivity contribution in [1.29, 1.82) is 0 Å². The Morgan fingerprint density at radius 3 is 2.68 bits per heavy atom. The van der Waals surface area contributed by atoms with Gasteiger partial charge in [0.2, 0.25) is 0 Å². The van der Waals surface area contributed by atoms with Gasteiger partial charge >= 0.3 is 0 Å². The molecule has 0 aliphatic heterocycles. The van der Waals surface area contributed by atoms with Crippen LogP contribution in [0.3, 0.4) is 0 Å². The Morgan fingerprint density at radius 1 is 1.21 bits per heavy atom. The van der Waals surface area contributed by atoms with Crippen LogP contribution in [-0.2, 0) is 14.8 Å².